The van der Waals surface area contributed by atoms with Gasteiger partial charge in [-0.25, -0.2) is 4.79 Å². The van der Waals surface area contributed by atoms with Gasteiger partial charge in [-0.1, -0.05) is 30.6 Å². The summed E-state index contributed by atoms with van der Waals surface area (Å²) in [4.78, 5) is 24.3. The number of rotatable bonds is 5. The number of nitrogens with zero attached hydrogens (tertiary/aromatic N) is 1. The molecule has 2 aromatic carbocycles. The number of hydrogen-bond donors (Lipinski definition) is 2. The minimum Gasteiger partial charge on any atom is -0.373 e. The molecular weight excluding hydrogens is 506 g/mol. The van der Waals surface area contributed by atoms with E-state index in [2.05, 4.69) is 9.68 Å². The molecule has 1 heterocycles. The number of carbonyl (C=O) groups excluding carboxylic acids is 1. The number of anilines is 1. The molecule has 1 aromatic heterocycles. The number of amides is 1. The molecule has 0 bridgehead atoms. The van der Waals surface area contributed by atoms with Crippen molar-refractivity contribution in [3.8, 4) is 0 Å². The molecule has 0 aliphatic heterocycles. The molecule has 1 unspecified atom stereocenters. The van der Waals surface area contributed by atoms with Crippen molar-refractivity contribution >= 4 is 34.0 Å². The number of fused-ring (bicyclic) bond motifs is 1. The number of hydrogen-bond acceptors (Lipinski definition) is 5. The molecule has 2 N–H and O–H groups in total. The zero-order chi connectivity index (χ0) is 26.4. The molecule has 3 aromatic rings. The van der Waals surface area contributed by atoms with Gasteiger partial charge in [0.05, 0.1) is 17.1 Å². The molecule has 0 saturated carbocycles. The summed E-state index contributed by atoms with van der Waals surface area (Å²) < 4.78 is 87.0. The van der Waals surface area contributed by atoms with Crippen LogP contribution in [0.3, 0.4) is 0 Å². The maximum absolute atomic E-state index is 14.0. The molecule has 0 aliphatic rings. The zero-order valence-corrected chi connectivity index (χ0v) is 18.8. The standard InChI is InChI=1S/C22H17ClF6N2O4/c1-19(2,16-8-12(23)3-6-15(16)21(24,25)26)10-20(34,22(27,28)29)18(33)31-13-4-5-14-11(7-13)9-30-35-17(14)32/h3-9,34H,10H2,1-2H3,(H,31,33). The summed E-state index contributed by atoms with van der Waals surface area (Å²) in [6.07, 6.45) is -10.9. The maximum Gasteiger partial charge on any atom is 0.426 e. The van der Waals surface area contributed by atoms with E-state index in [9.17, 15) is 41.0 Å². The molecule has 6 nitrogen and oxygen atoms in total. The Kier molecular flexibility index (Phi) is 6.68. The second-order valence-corrected chi connectivity index (χ2v) is 8.91. The van der Waals surface area contributed by atoms with Crippen LogP contribution in [0.25, 0.3) is 10.8 Å². The molecule has 188 valence electrons. The van der Waals surface area contributed by atoms with E-state index < -0.39 is 52.4 Å². The first-order chi connectivity index (χ1) is 16.0. The van der Waals surface area contributed by atoms with Crippen LogP contribution in [0, 0.1) is 0 Å². The van der Waals surface area contributed by atoms with E-state index in [0.717, 1.165) is 50.4 Å². The van der Waals surface area contributed by atoms with Gasteiger partial charge in [0.1, 0.15) is 0 Å². The number of aliphatic hydroxyl groups is 1. The Hall–Kier alpha value is -3.12. The highest BCUT2D eigenvalue weighted by atomic mass is 35.5. The lowest BCUT2D eigenvalue weighted by Crippen LogP contribution is -2.57. The monoisotopic (exact) mass is 522 g/mol. The van der Waals surface area contributed by atoms with Gasteiger partial charge < -0.3 is 14.9 Å². The van der Waals surface area contributed by atoms with Gasteiger partial charge in [-0.2, -0.15) is 26.3 Å². The molecule has 0 radical (unpaired) electrons. The van der Waals surface area contributed by atoms with Crippen LogP contribution >= 0.6 is 11.6 Å². The van der Waals surface area contributed by atoms with E-state index in [1.54, 1.807) is 0 Å². The topological polar surface area (TPSA) is 92.4 Å². The third-order valence-corrected chi connectivity index (χ3v) is 5.65. The van der Waals surface area contributed by atoms with Crippen molar-refractivity contribution in [1.29, 1.82) is 0 Å². The van der Waals surface area contributed by atoms with Gasteiger partial charge in [0, 0.05) is 22.5 Å². The Morgan fingerprint density at radius 2 is 1.71 bits per heavy atom. The van der Waals surface area contributed by atoms with E-state index in [0.29, 0.717) is 6.07 Å². The molecule has 1 amide bonds. The first-order valence-corrected chi connectivity index (χ1v) is 10.2. The predicted molar refractivity (Wildman–Crippen MR) is 114 cm³/mol. The van der Waals surface area contributed by atoms with Crippen molar-refractivity contribution in [2.45, 2.75) is 43.6 Å². The Bertz CT molecular complexity index is 1340. The van der Waals surface area contributed by atoms with Gasteiger partial charge in [-0.05, 0) is 47.4 Å². The van der Waals surface area contributed by atoms with Gasteiger partial charge in [-0.3, -0.25) is 4.79 Å². The second kappa shape index (κ2) is 8.83. The molecule has 35 heavy (non-hydrogen) atoms. The molecule has 0 aliphatic carbocycles. The first kappa shape index (κ1) is 26.5. The highest BCUT2D eigenvalue weighted by Gasteiger charge is 2.61. The Morgan fingerprint density at radius 3 is 2.31 bits per heavy atom. The number of benzene rings is 2. The quantitative estimate of drug-likeness (QED) is 0.434. The fraction of sp³-hybridized carbons (Fsp3) is 0.318. The third-order valence-electron chi connectivity index (χ3n) is 5.42. The average Bonchev–Trinajstić information content (AvgIpc) is 2.71. The fourth-order valence-corrected chi connectivity index (χ4v) is 3.89. The minimum absolute atomic E-state index is 0.0332. The minimum atomic E-state index is -5.56. The summed E-state index contributed by atoms with van der Waals surface area (Å²) in [6.45, 7) is 2.05. The van der Waals surface area contributed by atoms with Crippen molar-refractivity contribution in [2.24, 2.45) is 0 Å². The molecule has 0 saturated heterocycles. The van der Waals surface area contributed by atoms with Crippen LogP contribution < -0.4 is 10.9 Å². The van der Waals surface area contributed by atoms with Gasteiger partial charge in [0.2, 0.25) is 5.60 Å². The highest BCUT2D eigenvalue weighted by molar-refractivity contribution is 6.30. The normalized spacial score (nSPS) is 14.6. The fourth-order valence-electron chi connectivity index (χ4n) is 3.72. The van der Waals surface area contributed by atoms with Crippen molar-refractivity contribution < 1.29 is 40.8 Å². The summed E-state index contributed by atoms with van der Waals surface area (Å²) in [7, 11) is 0. The SMILES string of the molecule is CC(C)(CC(O)(C(=O)Nc1ccc2c(=O)oncc2c1)C(F)(F)F)c1cc(Cl)ccc1C(F)(F)F. The van der Waals surface area contributed by atoms with Crippen LogP contribution in [0.4, 0.5) is 32.0 Å². The predicted octanol–water partition coefficient (Wildman–Crippen LogP) is 5.46. The van der Waals surface area contributed by atoms with Crippen LogP contribution in [-0.4, -0.2) is 27.9 Å². The van der Waals surface area contributed by atoms with Gasteiger partial charge >= 0.3 is 18.0 Å². The van der Waals surface area contributed by atoms with Crippen LogP contribution in [0.5, 0.6) is 0 Å². The van der Waals surface area contributed by atoms with E-state index in [-0.39, 0.29) is 21.5 Å². The first-order valence-electron chi connectivity index (χ1n) is 9.82. The van der Waals surface area contributed by atoms with Gasteiger partial charge in [0.25, 0.3) is 5.91 Å². The lowest BCUT2D eigenvalue weighted by molar-refractivity contribution is -0.254. The number of carbonyl (C=O) groups is 1. The summed E-state index contributed by atoms with van der Waals surface area (Å²) in [5.74, 6) is -1.93. The number of halogens is 7. The molecule has 3 rings (SSSR count). The highest BCUT2D eigenvalue weighted by Crippen LogP contribution is 2.46. The largest absolute Gasteiger partial charge is 0.426 e. The van der Waals surface area contributed by atoms with Crippen molar-refractivity contribution in [2.75, 3.05) is 5.32 Å². The summed E-state index contributed by atoms with van der Waals surface area (Å²) >= 11 is 5.80. The second-order valence-electron chi connectivity index (χ2n) is 8.48. The lowest BCUT2D eigenvalue weighted by atomic mass is 9.73. The van der Waals surface area contributed by atoms with E-state index in [1.165, 1.54) is 0 Å². The van der Waals surface area contributed by atoms with Crippen LogP contribution in [0.15, 0.2) is 51.9 Å². The van der Waals surface area contributed by atoms with Gasteiger partial charge in [0.15, 0.2) is 0 Å². The smallest absolute Gasteiger partial charge is 0.373 e. The zero-order valence-electron chi connectivity index (χ0n) is 18.0. The Morgan fingerprint density at radius 1 is 1.06 bits per heavy atom. The molecule has 0 fully saturated rings. The van der Waals surface area contributed by atoms with E-state index in [4.69, 9.17) is 11.6 Å². The van der Waals surface area contributed by atoms with Crippen LogP contribution in [0.2, 0.25) is 5.02 Å². The van der Waals surface area contributed by atoms with Crippen molar-refractivity contribution in [3.05, 3.63) is 69.2 Å². The molecule has 13 heteroatoms. The van der Waals surface area contributed by atoms with Crippen LogP contribution in [0.1, 0.15) is 31.4 Å². The third kappa shape index (κ3) is 5.27. The number of alkyl halides is 6. The molecular formula is C22H17ClF6N2O4. The number of aromatic nitrogens is 1. The summed E-state index contributed by atoms with van der Waals surface area (Å²) in [5.41, 5.74) is -9.05. The summed E-state index contributed by atoms with van der Waals surface area (Å²) in [6, 6.07) is 5.78. The van der Waals surface area contributed by atoms with Gasteiger partial charge in [-0.15, -0.1) is 0 Å². The average molecular weight is 523 g/mol. The number of nitrogens with one attached hydrogen (secondary N) is 1. The Balaban J connectivity index is 2.02. The van der Waals surface area contributed by atoms with Crippen molar-refractivity contribution in [3.63, 3.8) is 0 Å². The van der Waals surface area contributed by atoms with Crippen LogP contribution in [-0.2, 0) is 16.4 Å². The Labute approximate surface area is 198 Å². The summed E-state index contributed by atoms with van der Waals surface area (Å²) in [5, 5.41) is 15.8. The molecule has 1 atom stereocenters. The van der Waals surface area contributed by atoms with Crippen molar-refractivity contribution in [1.82, 2.24) is 5.16 Å². The molecule has 0 spiro atoms. The maximum atomic E-state index is 14.0. The van der Waals surface area contributed by atoms with E-state index >= 15 is 0 Å². The lowest BCUT2D eigenvalue weighted by Gasteiger charge is -2.37. The van der Waals surface area contributed by atoms with E-state index in [1.807, 2.05) is 5.32 Å².